The number of allylic oxidation sites excluding steroid dienone is 1. The zero-order chi connectivity index (χ0) is 21.1. The molecule has 4 aliphatic carbocycles. The molecule has 0 bridgehead atoms. The average Bonchev–Trinajstić information content (AvgIpc) is 3.07. The molecule has 3 N–H and O–H groups in total. The summed E-state index contributed by atoms with van der Waals surface area (Å²) in [6.07, 6.45) is 13.1. The van der Waals surface area contributed by atoms with Gasteiger partial charge in [-0.2, -0.15) is 0 Å². The molecule has 0 amide bonds. The summed E-state index contributed by atoms with van der Waals surface area (Å²) in [5, 5.41) is 10.2. The number of benzene rings is 1. The third-order valence-corrected chi connectivity index (χ3v) is 10.3. The predicted octanol–water partition coefficient (Wildman–Crippen LogP) is 5.89. The monoisotopic (exact) mass is 407 g/mol. The van der Waals surface area contributed by atoms with Gasteiger partial charge in [-0.15, -0.1) is 0 Å². The maximum absolute atomic E-state index is 10.2. The molecular formula is C28H41NO. The molecule has 0 aromatic heterocycles. The van der Waals surface area contributed by atoms with Crippen LogP contribution in [0, 0.1) is 34.5 Å². The minimum absolute atomic E-state index is 0.110. The summed E-state index contributed by atoms with van der Waals surface area (Å²) in [4.78, 5) is 0. The van der Waals surface area contributed by atoms with Crippen LogP contribution in [0.2, 0.25) is 0 Å². The van der Waals surface area contributed by atoms with E-state index in [0.29, 0.717) is 16.7 Å². The molecule has 0 spiro atoms. The van der Waals surface area contributed by atoms with Gasteiger partial charge < -0.3 is 10.8 Å². The SMILES string of the molecule is C[C@]12CC[C@H]3[C@@H](CC=C4C[C@@H](O)CC[C@@]43C)[C@@H]1CC[C@@H]2[C@](C)(N)Cc1ccccc1. The second-order valence-electron chi connectivity index (χ2n) is 12.0. The molecule has 164 valence electrons. The van der Waals surface area contributed by atoms with E-state index in [4.69, 9.17) is 5.73 Å². The lowest BCUT2D eigenvalue weighted by Gasteiger charge is -2.59. The van der Waals surface area contributed by atoms with E-state index in [1.807, 2.05) is 0 Å². The Morgan fingerprint density at radius 2 is 1.80 bits per heavy atom. The molecule has 3 fully saturated rings. The Morgan fingerprint density at radius 3 is 2.57 bits per heavy atom. The van der Waals surface area contributed by atoms with Gasteiger partial charge in [-0.1, -0.05) is 55.8 Å². The zero-order valence-electron chi connectivity index (χ0n) is 19.2. The molecule has 5 rings (SSSR count). The minimum Gasteiger partial charge on any atom is -0.393 e. The Bertz CT molecular complexity index is 813. The van der Waals surface area contributed by atoms with Gasteiger partial charge in [0, 0.05) is 5.54 Å². The van der Waals surface area contributed by atoms with Crippen LogP contribution in [0.15, 0.2) is 42.0 Å². The largest absolute Gasteiger partial charge is 0.393 e. The van der Waals surface area contributed by atoms with Crippen molar-refractivity contribution in [3.05, 3.63) is 47.5 Å². The van der Waals surface area contributed by atoms with Gasteiger partial charge in [-0.3, -0.25) is 0 Å². The molecule has 3 saturated carbocycles. The van der Waals surface area contributed by atoms with Gasteiger partial charge in [-0.05, 0) is 105 Å². The van der Waals surface area contributed by atoms with E-state index in [9.17, 15) is 5.11 Å². The number of hydrogen-bond acceptors (Lipinski definition) is 2. The highest BCUT2D eigenvalue weighted by Gasteiger charge is 2.60. The van der Waals surface area contributed by atoms with E-state index < -0.39 is 0 Å². The predicted molar refractivity (Wildman–Crippen MR) is 124 cm³/mol. The van der Waals surface area contributed by atoms with Crippen LogP contribution in [-0.2, 0) is 6.42 Å². The quantitative estimate of drug-likeness (QED) is 0.614. The zero-order valence-corrected chi connectivity index (χ0v) is 19.2. The number of rotatable bonds is 3. The van der Waals surface area contributed by atoms with Crippen LogP contribution >= 0.6 is 0 Å². The number of nitrogens with two attached hydrogens (primary N) is 1. The van der Waals surface area contributed by atoms with Gasteiger partial charge in [0.25, 0.3) is 0 Å². The topological polar surface area (TPSA) is 46.2 Å². The summed E-state index contributed by atoms with van der Waals surface area (Å²) < 4.78 is 0. The van der Waals surface area contributed by atoms with Crippen LogP contribution in [-0.4, -0.2) is 16.7 Å². The first-order chi connectivity index (χ1) is 14.2. The van der Waals surface area contributed by atoms with E-state index in [1.54, 1.807) is 5.57 Å². The first kappa shape index (κ1) is 20.8. The van der Waals surface area contributed by atoms with Crippen molar-refractivity contribution in [3.8, 4) is 0 Å². The Kier molecular flexibility index (Phi) is 4.99. The molecule has 0 heterocycles. The highest BCUT2D eigenvalue weighted by molar-refractivity contribution is 5.26. The van der Waals surface area contributed by atoms with Gasteiger partial charge in [0.15, 0.2) is 0 Å². The van der Waals surface area contributed by atoms with Crippen molar-refractivity contribution in [2.45, 2.75) is 90.2 Å². The fourth-order valence-electron chi connectivity index (χ4n) is 8.88. The molecule has 4 aliphatic rings. The second-order valence-corrected chi connectivity index (χ2v) is 12.0. The minimum atomic E-state index is -0.147. The van der Waals surface area contributed by atoms with E-state index in [-0.39, 0.29) is 11.6 Å². The third-order valence-electron chi connectivity index (χ3n) is 10.3. The number of aliphatic hydroxyl groups excluding tert-OH is 1. The molecule has 1 aromatic rings. The van der Waals surface area contributed by atoms with Crippen molar-refractivity contribution in [1.29, 1.82) is 0 Å². The molecule has 2 nitrogen and oxygen atoms in total. The van der Waals surface area contributed by atoms with Crippen molar-refractivity contribution >= 4 is 0 Å². The summed E-state index contributed by atoms with van der Waals surface area (Å²) in [5.74, 6) is 3.02. The number of fused-ring (bicyclic) bond motifs is 5. The van der Waals surface area contributed by atoms with Crippen LogP contribution in [0.3, 0.4) is 0 Å². The fraction of sp³-hybridized carbons (Fsp3) is 0.714. The standard InChI is InChI=1S/C28H41NO/c1-26-15-13-21(30)17-20(26)9-10-22-23-11-12-25(27(23,2)16-14-24(22)26)28(3,29)18-19-7-5-4-6-8-19/h4-9,21-25,30H,10-18,29H2,1-3H3/t21-,22-,23-,24-,25-,26-,27-,28+/m0/s1. The summed E-state index contributed by atoms with van der Waals surface area (Å²) in [7, 11) is 0. The van der Waals surface area contributed by atoms with Gasteiger partial charge >= 0.3 is 0 Å². The van der Waals surface area contributed by atoms with Crippen molar-refractivity contribution in [1.82, 2.24) is 0 Å². The lowest BCUT2D eigenvalue weighted by molar-refractivity contribution is -0.0594. The van der Waals surface area contributed by atoms with Crippen molar-refractivity contribution in [3.63, 3.8) is 0 Å². The van der Waals surface area contributed by atoms with Gasteiger partial charge in [0.1, 0.15) is 0 Å². The van der Waals surface area contributed by atoms with Gasteiger partial charge in [0.05, 0.1) is 6.10 Å². The normalized spacial score (nSPS) is 45.0. The van der Waals surface area contributed by atoms with E-state index in [2.05, 4.69) is 57.2 Å². The smallest absolute Gasteiger partial charge is 0.0577 e. The molecule has 0 unspecified atom stereocenters. The summed E-state index contributed by atoms with van der Waals surface area (Å²) in [6, 6.07) is 10.9. The highest BCUT2D eigenvalue weighted by Crippen LogP contribution is 2.67. The average molecular weight is 408 g/mol. The van der Waals surface area contributed by atoms with Crippen molar-refractivity contribution < 1.29 is 5.11 Å². The molecule has 2 heteroatoms. The lowest BCUT2D eigenvalue weighted by Crippen LogP contribution is -2.56. The number of aliphatic hydroxyl groups is 1. The maximum Gasteiger partial charge on any atom is 0.0577 e. The van der Waals surface area contributed by atoms with Gasteiger partial charge in [-0.25, -0.2) is 0 Å². The van der Waals surface area contributed by atoms with Crippen LogP contribution in [0.5, 0.6) is 0 Å². The number of hydrogen-bond donors (Lipinski definition) is 2. The van der Waals surface area contributed by atoms with E-state index in [0.717, 1.165) is 37.0 Å². The van der Waals surface area contributed by atoms with Gasteiger partial charge in [0.2, 0.25) is 0 Å². The maximum atomic E-state index is 10.2. The molecule has 0 saturated heterocycles. The van der Waals surface area contributed by atoms with Crippen molar-refractivity contribution in [2.24, 2.45) is 40.2 Å². The highest BCUT2D eigenvalue weighted by atomic mass is 16.3. The van der Waals surface area contributed by atoms with Crippen molar-refractivity contribution in [2.75, 3.05) is 0 Å². The Morgan fingerprint density at radius 1 is 1.03 bits per heavy atom. The summed E-state index contributed by atoms with van der Waals surface area (Å²) in [5.41, 5.74) is 10.6. The van der Waals surface area contributed by atoms with E-state index >= 15 is 0 Å². The Hall–Kier alpha value is -1.12. The molecule has 8 atom stereocenters. The Labute approximate surface area is 183 Å². The molecule has 0 aliphatic heterocycles. The van der Waals surface area contributed by atoms with Crippen LogP contribution in [0.4, 0.5) is 0 Å². The molecule has 30 heavy (non-hydrogen) atoms. The second kappa shape index (κ2) is 7.20. The summed E-state index contributed by atoms with van der Waals surface area (Å²) in [6.45, 7) is 7.44. The molecule has 1 aromatic carbocycles. The first-order valence-corrected chi connectivity index (χ1v) is 12.4. The fourth-order valence-corrected chi connectivity index (χ4v) is 8.88. The third kappa shape index (κ3) is 3.13. The van der Waals surface area contributed by atoms with Crippen LogP contribution < -0.4 is 5.73 Å². The first-order valence-electron chi connectivity index (χ1n) is 12.4. The summed E-state index contributed by atoms with van der Waals surface area (Å²) >= 11 is 0. The van der Waals surface area contributed by atoms with Crippen LogP contribution in [0.25, 0.3) is 0 Å². The Balaban J connectivity index is 1.40. The van der Waals surface area contributed by atoms with Crippen LogP contribution in [0.1, 0.15) is 77.7 Å². The van der Waals surface area contributed by atoms with E-state index in [1.165, 1.54) is 44.1 Å². The molecular weight excluding hydrogens is 366 g/mol. The lowest BCUT2D eigenvalue weighted by atomic mass is 9.46. The molecule has 0 radical (unpaired) electrons.